The van der Waals surface area contributed by atoms with Crippen LogP contribution in [0, 0.1) is 11.3 Å². The van der Waals surface area contributed by atoms with Crippen molar-refractivity contribution in [3.05, 3.63) is 22.6 Å². The van der Waals surface area contributed by atoms with Crippen LogP contribution in [0.25, 0.3) is 0 Å². The maximum absolute atomic E-state index is 12.8. The molecule has 0 aromatic carbocycles. The minimum atomic E-state index is -1.31. The van der Waals surface area contributed by atoms with E-state index in [9.17, 15) is 4.39 Å². The average molecular weight is 218 g/mol. The molecule has 4 heteroatoms. The van der Waals surface area contributed by atoms with Crippen molar-refractivity contribution in [2.24, 2.45) is 0 Å². The van der Waals surface area contributed by atoms with E-state index in [-0.39, 0.29) is 12.2 Å². The van der Waals surface area contributed by atoms with E-state index in [4.69, 9.17) is 9.68 Å². The van der Waals surface area contributed by atoms with Gasteiger partial charge in [0.15, 0.2) is 6.17 Å². The van der Waals surface area contributed by atoms with Gasteiger partial charge in [-0.3, -0.25) is 0 Å². The van der Waals surface area contributed by atoms with Gasteiger partial charge in [0.05, 0.1) is 17.0 Å². The van der Waals surface area contributed by atoms with E-state index in [0.717, 1.165) is 0 Å². The highest BCUT2D eigenvalue weighted by Gasteiger charge is 2.12. The van der Waals surface area contributed by atoms with Crippen molar-refractivity contribution >= 4 is 15.9 Å². The van der Waals surface area contributed by atoms with Gasteiger partial charge < -0.3 is 4.42 Å². The average Bonchev–Trinajstić information content (AvgIpc) is 2.36. The minimum Gasteiger partial charge on any atom is -0.465 e. The molecular formula is C7H5BrFNO. The summed E-state index contributed by atoms with van der Waals surface area (Å²) in [6.07, 6.45) is -0.0921. The molecule has 0 aliphatic rings. The van der Waals surface area contributed by atoms with Gasteiger partial charge in [-0.1, -0.05) is 0 Å². The first kappa shape index (κ1) is 8.28. The van der Waals surface area contributed by atoms with Crippen LogP contribution in [0.2, 0.25) is 0 Å². The van der Waals surface area contributed by atoms with Crippen LogP contribution in [-0.4, -0.2) is 0 Å². The Morgan fingerprint density at radius 2 is 2.55 bits per heavy atom. The Balaban J connectivity index is 2.70. The molecule has 0 fully saturated rings. The second-order valence-corrected chi connectivity index (χ2v) is 2.91. The highest BCUT2D eigenvalue weighted by molar-refractivity contribution is 9.10. The Bertz CT molecular complexity index is 278. The third kappa shape index (κ3) is 2.05. The van der Waals surface area contributed by atoms with E-state index in [0.29, 0.717) is 4.47 Å². The van der Waals surface area contributed by atoms with E-state index >= 15 is 0 Å². The van der Waals surface area contributed by atoms with E-state index < -0.39 is 6.17 Å². The van der Waals surface area contributed by atoms with Gasteiger partial charge in [0.25, 0.3) is 0 Å². The highest BCUT2D eigenvalue weighted by Crippen LogP contribution is 2.24. The maximum Gasteiger partial charge on any atom is 0.170 e. The van der Waals surface area contributed by atoms with Crippen LogP contribution in [0.3, 0.4) is 0 Å². The molecule has 1 atom stereocenters. The van der Waals surface area contributed by atoms with Crippen molar-refractivity contribution in [3.63, 3.8) is 0 Å². The molecule has 0 spiro atoms. The zero-order valence-electron chi connectivity index (χ0n) is 5.55. The van der Waals surface area contributed by atoms with Gasteiger partial charge in [-0.25, -0.2) is 4.39 Å². The summed E-state index contributed by atoms with van der Waals surface area (Å²) in [5, 5.41) is 8.16. The first-order valence-electron chi connectivity index (χ1n) is 2.99. The van der Waals surface area contributed by atoms with Crippen LogP contribution in [0.15, 0.2) is 21.2 Å². The number of hydrogen-bond acceptors (Lipinski definition) is 2. The number of nitriles is 1. The lowest BCUT2D eigenvalue weighted by molar-refractivity contribution is 0.291. The summed E-state index contributed by atoms with van der Waals surface area (Å²) in [6, 6.07) is 3.24. The molecule has 0 radical (unpaired) electrons. The Hall–Kier alpha value is -0.820. The third-order valence-corrected chi connectivity index (χ3v) is 1.58. The van der Waals surface area contributed by atoms with Crippen LogP contribution in [-0.2, 0) is 0 Å². The quantitative estimate of drug-likeness (QED) is 0.764. The Morgan fingerprint density at radius 3 is 3.00 bits per heavy atom. The van der Waals surface area contributed by atoms with Crippen LogP contribution in [0.5, 0.6) is 0 Å². The van der Waals surface area contributed by atoms with Crippen LogP contribution in [0.1, 0.15) is 18.4 Å². The largest absolute Gasteiger partial charge is 0.465 e. The number of halogens is 2. The van der Waals surface area contributed by atoms with Gasteiger partial charge in [-0.15, -0.1) is 0 Å². The molecule has 1 unspecified atom stereocenters. The van der Waals surface area contributed by atoms with E-state index in [1.165, 1.54) is 12.3 Å². The van der Waals surface area contributed by atoms with Crippen molar-refractivity contribution < 1.29 is 8.81 Å². The summed E-state index contributed by atoms with van der Waals surface area (Å²) in [5.74, 6) is 0.193. The van der Waals surface area contributed by atoms with Crippen molar-refractivity contribution in [2.75, 3.05) is 0 Å². The smallest absolute Gasteiger partial charge is 0.170 e. The van der Waals surface area contributed by atoms with Gasteiger partial charge in [0.1, 0.15) is 12.0 Å². The standard InChI is InChI=1S/C7H5BrFNO/c8-5-3-7(11-4-5)6(9)1-2-10/h3-4,6H,1H2. The summed E-state index contributed by atoms with van der Waals surface area (Å²) < 4.78 is 18.3. The molecule has 0 saturated carbocycles. The third-order valence-electron chi connectivity index (χ3n) is 1.17. The van der Waals surface area contributed by atoms with Gasteiger partial charge >= 0.3 is 0 Å². The molecule has 0 N–H and O–H groups in total. The summed E-state index contributed by atoms with van der Waals surface area (Å²) in [5.41, 5.74) is 0. The molecule has 1 heterocycles. The van der Waals surface area contributed by atoms with E-state index in [1.54, 1.807) is 6.07 Å². The summed E-state index contributed by atoms with van der Waals surface area (Å²) in [7, 11) is 0. The fourth-order valence-corrected chi connectivity index (χ4v) is 0.992. The van der Waals surface area contributed by atoms with Gasteiger partial charge in [-0.2, -0.15) is 5.26 Å². The Labute approximate surface area is 71.7 Å². The number of alkyl halides is 1. The minimum absolute atomic E-state index is 0.167. The summed E-state index contributed by atoms with van der Waals surface area (Å²) >= 11 is 3.11. The number of hydrogen-bond donors (Lipinski definition) is 0. The molecule has 1 aromatic rings. The zero-order chi connectivity index (χ0) is 8.27. The lowest BCUT2D eigenvalue weighted by Crippen LogP contribution is -1.85. The fourth-order valence-electron chi connectivity index (χ4n) is 0.673. The zero-order valence-corrected chi connectivity index (χ0v) is 7.14. The first-order valence-corrected chi connectivity index (χ1v) is 3.78. The molecule has 1 aromatic heterocycles. The fraction of sp³-hybridized carbons (Fsp3) is 0.286. The second-order valence-electron chi connectivity index (χ2n) is 2.00. The number of rotatable bonds is 2. The summed E-state index contributed by atoms with van der Waals surface area (Å²) in [4.78, 5) is 0. The number of furan rings is 1. The molecule has 0 saturated heterocycles. The van der Waals surface area contributed by atoms with Crippen molar-refractivity contribution in [3.8, 4) is 6.07 Å². The van der Waals surface area contributed by atoms with Gasteiger partial charge in [0.2, 0.25) is 0 Å². The first-order chi connectivity index (χ1) is 5.24. The van der Waals surface area contributed by atoms with Crippen LogP contribution >= 0.6 is 15.9 Å². The van der Waals surface area contributed by atoms with Gasteiger partial charge in [-0.05, 0) is 22.0 Å². The highest BCUT2D eigenvalue weighted by atomic mass is 79.9. The molecule has 11 heavy (non-hydrogen) atoms. The molecule has 0 aliphatic heterocycles. The van der Waals surface area contributed by atoms with Crippen molar-refractivity contribution in [1.82, 2.24) is 0 Å². The predicted octanol–water partition coefficient (Wildman–Crippen LogP) is 2.97. The molecule has 58 valence electrons. The molecule has 1 rings (SSSR count). The Kier molecular flexibility index (Phi) is 2.66. The van der Waals surface area contributed by atoms with Gasteiger partial charge in [0, 0.05) is 0 Å². The van der Waals surface area contributed by atoms with E-state index in [2.05, 4.69) is 15.9 Å². The maximum atomic E-state index is 12.8. The molecule has 0 bridgehead atoms. The van der Waals surface area contributed by atoms with Crippen LogP contribution < -0.4 is 0 Å². The normalized spacial score (nSPS) is 12.5. The SMILES string of the molecule is N#CCC(F)c1cc(Br)co1. The monoisotopic (exact) mass is 217 g/mol. The topological polar surface area (TPSA) is 36.9 Å². The van der Waals surface area contributed by atoms with E-state index in [1.807, 2.05) is 0 Å². The predicted molar refractivity (Wildman–Crippen MR) is 40.5 cm³/mol. The second kappa shape index (κ2) is 3.54. The van der Waals surface area contributed by atoms with Crippen molar-refractivity contribution in [2.45, 2.75) is 12.6 Å². The molecule has 0 aliphatic carbocycles. The lowest BCUT2D eigenvalue weighted by atomic mass is 10.2. The lowest BCUT2D eigenvalue weighted by Gasteiger charge is -1.95. The molecular weight excluding hydrogens is 213 g/mol. The number of nitrogens with zero attached hydrogens (tertiary/aromatic N) is 1. The van der Waals surface area contributed by atoms with Crippen molar-refractivity contribution in [1.29, 1.82) is 5.26 Å². The summed E-state index contributed by atoms with van der Waals surface area (Å²) in [6.45, 7) is 0. The Morgan fingerprint density at radius 1 is 1.82 bits per heavy atom. The van der Waals surface area contributed by atoms with Crippen LogP contribution in [0.4, 0.5) is 4.39 Å². The molecule has 0 amide bonds. The molecule has 2 nitrogen and oxygen atoms in total.